The van der Waals surface area contributed by atoms with Crippen molar-refractivity contribution < 1.29 is 19.1 Å². The number of aromatic nitrogens is 1. The van der Waals surface area contributed by atoms with Crippen molar-refractivity contribution in [1.82, 2.24) is 4.98 Å². The molecule has 1 unspecified atom stereocenters. The number of nitrogens with zero attached hydrogens (tertiary/aromatic N) is 2. The summed E-state index contributed by atoms with van der Waals surface area (Å²) < 4.78 is 13.6. The Bertz CT molecular complexity index is 928. The van der Waals surface area contributed by atoms with Crippen molar-refractivity contribution in [1.29, 1.82) is 0 Å². The van der Waals surface area contributed by atoms with E-state index in [1.165, 1.54) is 23.2 Å². The van der Waals surface area contributed by atoms with Crippen LogP contribution in [-0.4, -0.2) is 21.8 Å². The van der Waals surface area contributed by atoms with Crippen molar-refractivity contribution in [2.45, 2.75) is 26.3 Å². The molecule has 0 bridgehead atoms. The van der Waals surface area contributed by atoms with Crippen LogP contribution in [0.1, 0.15) is 32.0 Å². The van der Waals surface area contributed by atoms with Crippen LogP contribution in [0, 0.1) is 11.7 Å². The topological polar surface area (TPSA) is 70.5 Å². The van der Waals surface area contributed by atoms with Crippen molar-refractivity contribution in [3.63, 3.8) is 0 Å². The van der Waals surface area contributed by atoms with Crippen LogP contribution in [0.5, 0.6) is 0 Å². The summed E-state index contributed by atoms with van der Waals surface area (Å²) >= 11 is 5.87. The minimum absolute atomic E-state index is 0.00662. The molecule has 1 atom stereocenters. The summed E-state index contributed by atoms with van der Waals surface area (Å²) in [7, 11) is 0. The molecule has 0 aliphatic carbocycles. The number of pyridine rings is 1. The van der Waals surface area contributed by atoms with Crippen LogP contribution in [0.15, 0.2) is 53.9 Å². The Morgan fingerprint density at radius 3 is 2.67 bits per heavy atom. The normalized spacial score (nSPS) is 17.1. The Balaban J connectivity index is 2.14. The maximum atomic E-state index is 13.6. The van der Waals surface area contributed by atoms with Crippen molar-refractivity contribution in [2.75, 3.05) is 4.90 Å². The molecular formula is C20H18ClFN2O3. The van der Waals surface area contributed by atoms with Crippen LogP contribution in [-0.2, 0) is 9.59 Å². The molecule has 0 spiro atoms. The Labute approximate surface area is 161 Å². The molecule has 1 aromatic carbocycles. The zero-order valence-electron chi connectivity index (χ0n) is 14.8. The smallest absolute Gasteiger partial charge is 0.294 e. The fourth-order valence-electron chi connectivity index (χ4n) is 3.09. The van der Waals surface area contributed by atoms with E-state index in [2.05, 4.69) is 4.98 Å². The van der Waals surface area contributed by atoms with E-state index in [-0.39, 0.29) is 34.4 Å². The number of benzene rings is 1. The zero-order chi connectivity index (χ0) is 19.7. The molecule has 5 nitrogen and oxygen atoms in total. The van der Waals surface area contributed by atoms with E-state index in [4.69, 9.17) is 11.6 Å². The van der Waals surface area contributed by atoms with Crippen LogP contribution < -0.4 is 4.90 Å². The Morgan fingerprint density at radius 1 is 1.33 bits per heavy atom. The van der Waals surface area contributed by atoms with Gasteiger partial charge in [0.1, 0.15) is 11.9 Å². The molecule has 2 heterocycles. The van der Waals surface area contributed by atoms with E-state index in [1.807, 2.05) is 13.8 Å². The minimum Gasteiger partial charge on any atom is -0.503 e. The fourth-order valence-corrected chi connectivity index (χ4v) is 3.26. The molecule has 1 N–H and O–H groups in total. The first-order valence-corrected chi connectivity index (χ1v) is 8.85. The van der Waals surface area contributed by atoms with Gasteiger partial charge in [0.05, 0.1) is 16.3 Å². The summed E-state index contributed by atoms with van der Waals surface area (Å²) in [5, 5.41) is 10.3. The lowest BCUT2D eigenvalue weighted by atomic mass is 9.94. The largest absolute Gasteiger partial charge is 0.503 e. The van der Waals surface area contributed by atoms with Gasteiger partial charge in [0.25, 0.3) is 5.91 Å². The first-order valence-electron chi connectivity index (χ1n) is 8.47. The second-order valence-electron chi connectivity index (χ2n) is 6.71. The van der Waals surface area contributed by atoms with Gasteiger partial charge in [-0.1, -0.05) is 31.5 Å². The van der Waals surface area contributed by atoms with Crippen LogP contribution in [0.3, 0.4) is 0 Å². The molecule has 0 saturated carbocycles. The standard InChI is InChI=1S/C20H18ClFN2O3/c1-11(2)9-16(25)17-18(15-5-3-4-8-23-15)24(20(27)19(17)26)12-6-7-14(22)13(21)10-12/h3-8,10-11,18,26H,9H2,1-2H3. The molecule has 3 rings (SSSR count). The highest BCUT2D eigenvalue weighted by molar-refractivity contribution is 6.31. The van der Waals surface area contributed by atoms with Crippen molar-refractivity contribution in [3.05, 3.63) is 70.5 Å². The van der Waals surface area contributed by atoms with E-state index < -0.39 is 23.5 Å². The molecule has 27 heavy (non-hydrogen) atoms. The van der Waals surface area contributed by atoms with Crippen LogP contribution >= 0.6 is 11.6 Å². The van der Waals surface area contributed by atoms with Gasteiger partial charge in [-0.3, -0.25) is 19.5 Å². The number of ketones is 1. The second-order valence-corrected chi connectivity index (χ2v) is 7.12. The third-order valence-corrected chi connectivity index (χ3v) is 4.54. The number of carbonyl (C=O) groups excluding carboxylic acids is 2. The Morgan fingerprint density at radius 2 is 2.07 bits per heavy atom. The first-order chi connectivity index (χ1) is 12.8. The number of halogens is 2. The quantitative estimate of drug-likeness (QED) is 0.824. The molecule has 7 heteroatoms. The lowest BCUT2D eigenvalue weighted by Gasteiger charge is -2.26. The van der Waals surface area contributed by atoms with Crippen LogP contribution in [0.4, 0.5) is 10.1 Å². The van der Waals surface area contributed by atoms with E-state index >= 15 is 0 Å². The number of Topliss-reactive ketones (excluding diaryl/α,β-unsaturated/α-hetero) is 1. The van der Waals surface area contributed by atoms with Gasteiger partial charge < -0.3 is 5.11 Å². The van der Waals surface area contributed by atoms with E-state index in [9.17, 15) is 19.1 Å². The maximum absolute atomic E-state index is 13.6. The number of aliphatic hydroxyl groups is 1. The number of rotatable bonds is 5. The van der Waals surface area contributed by atoms with Gasteiger partial charge in [0, 0.05) is 18.3 Å². The summed E-state index contributed by atoms with van der Waals surface area (Å²) in [4.78, 5) is 31.0. The molecule has 0 fully saturated rings. The number of hydrogen-bond acceptors (Lipinski definition) is 4. The van der Waals surface area contributed by atoms with Gasteiger partial charge >= 0.3 is 0 Å². The average Bonchev–Trinajstić information content (AvgIpc) is 2.89. The summed E-state index contributed by atoms with van der Waals surface area (Å²) in [5.74, 6) is -2.28. The molecule has 1 amide bonds. The maximum Gasteiger partial charge on any atom is 0.294 e. The monoisotopic (exact) mass is 388 g/mol. The Hall–Kier alpha value is -2.73. The minimum atomic E-state index is -0.911. The summed E-state index contributed by atoms with van der Waals surface area (Å²) in [6.07, 6.45) is 1.71. The highest BCUT2D eigenvalue weighted by atomic mass is 35.5. The number of anilines is 1. The molecule has 0 radical (unpaired) electrons. The summed E-state index contributed by atoms with van der Waals surface area (Å²) in [6.45, 7) is 3.75. The molecule has 1 aliphatic rings. The van der Waals surface area contributed by atoms with Crippen molar-refractivity contribution in [2.24, 2.45) is 5.92 Å². The first kappa shape index (κ1) is 19.0. The van der Waals surface area contributed by atoms with E-state index in [0.29, 0.717) is 5.69 Å². The van der Waals surface area contributed by atoms with Gasteiger partial charge in [0.2, 0.25) is 0 Å². The SMILES string of the molecule is CC(C)CC(=O)C1=C(O)C(=O)N(c2ccc(F)c(Cl)c2)C1c1ccccn1. The van der Waals surface area contributed by atoms with E-state index in [0.717, 1.165) is 6.07 Å². The van der Waals surface area contributed by atoms with Crippen LogP contribution in [0.25, 0.3) is 0 Å². The predicted octanol–water partition coefficient (Wildman–Crippen LogP) is 4.39. The lowest BCUT2D eigenvalue weighted by molar-refractivity contribution is -0.118. The van der Waals surface area contributed by atoms with Gasteiger partial charge in [-0.05, 0) is 36.2 Å². The lowest BCUT2D eigenvalue weighted by Crippen LogP contribution is -2.31. The fraction of sp³-hybridized carbons (Fsp3) is 0.250. The second kappa shape index (κ2) is 7.48. The molecular weight excluding hydrogens is 371 g/mol. The third-order valence-electron chi connectivity index (χ3n) is 4.25. The Kier molecular flexibility index (Phi) is 5.28. The van der Waals surface area contributed by atoms with Crippen LogP contribution in [0.2, 0.25) is 5.02 Å². The highest BCUT2D eigenvalue weighted by Crippen LogP contribution is 2.41. The molecule has 0 saturated heterocycles. The van der Waals surface area contributed by atoms with Crippen molar-refractivity contribution in [3.8, 4) is 0 Å². The number of hydrogen-bond donors (Lipinski definition) is 1. The predicted molar refractivity (Wildman–Crippen MR) is 100.0 cm³/mol. The summed E-state index contributed by atoms with van der Waals surface area (Å²) in [5.41, 5.74) is 0.677. The molecule has 2 aromatic rings. The van der Waals surface area contributed by atoms with E-state index in [1.54, 1.807) is 18.2 Å². The van der Waals surface area contributed by atoms with Gasteiger partial charge in [-0.15, -0.1) is 0 Å². The summed E-state index contributed by atoms with van der Waals surface area (Å²) in [6, 6.07) is 7.97. The molecule has 140 valence electrons. The average molecular weight is 389 g/mol. The molecule has 1 aliphatic heterocycles. The highest BCUT2D eigenvalue weighted by Gasteiger charge is 2.45. The zero-order valence-corrected chi connectivity index (χ0v) is 15.6. The van der Waals surface area contributed by atoms with Gasteiger partial charge in [-0.25, -0.2) is 4.39 Å². The number of amides is 1. The number of aliphatic hydroxyl groups excluding tert-OH is 1. The van der Waals surface area contributed by atoms with Crippen molar-refractivity contribution >= 4 is 29.0 Å². The third kappa shape index (κ3) is 3.57. The van der Waals surface area contributed by atoms with Gasteiger partial charge in [0.15, 0.2) is 11.5 Å². The van der Waals surface area contributed by atoms with Gasteiger partial charge in [-0.2, -0.15) is 0 Å². The number of carbonyl (C=O) groups is 2. The molecule has 1 aromatic heterocycles.